The number of benzene rings is 1. The summed E-state index contributed by atoms with van der Waals surface area (Å²) in [5.41, 5.74) is 3.35. The molecule has 0 aliphatic carbocycles. The van der Waals surface area contributed by atoms with Crippen LogP contribution in [0, 0.1) is 0 Å². The minimum atomic E-state index is -4.24. The van der Waals surface area contributed by atoms with Gasteiger partial charge < -0.3 is 10.6 Å². The van der Waals surface area contributed by atoms with Crippen LogP contribution in [0.25, 0.3) is 10.2 Å². The lowest BCUT2D eigenvalue weighted by Crippen LogP contribution is -2.38. The lowest BCUT2D eigenvalue weighted by Gasteiger charge is -2.33. The highest BCUT2D eigenvalue weighted by molar-refractivity contribution is 7.18. The number of nitrogens with one attached hydrogen (secondary N) is 2. The molecular weight excluding hydrogens is 451 g/mol. The molecular formula is C23H24F3N5OS. The molecule has 5 rings (SSSR count). The molecule has 0 unspecified atom stereocenters. The number of alkyl halides is 3. The van der Waals surface area contributed by atoms with Gasteiger partial charge >= 0.3 is 6.18 Å². The molecule has 2 aliphatic rings. The summed E-state index contributed by atoms with van der Waals surface area (Å²) in [6.07, 6.45) is -0.612. The number of nitrogens with zero attached hydrogens (tertiary/aromatic N) is 3. The smallest absolute Gasteiger partial charge is 0.367 e. The zero-order valence-corrected chi connectivity index (χ0v) is 18.7. The standard InChI is InChI=1S/C23H24F3N5OS/c24-23(25,26)11-17-10-18-21(27-13-28-22(18)33-17)29-16-5-7-31(8-6-16)12-14-1-3-19-15(9-14)2-4-20(32)30-19/h1,3,9-10,13,16H,2,4-8,11-12H2,(H,30,32)(H,27,28,29). The van der Waals surface area contributed by atoms with Gasteiger partial charge in [-0.15, -0.1) is 11.3 Å². The molecule has 4 heterocycles. The van der Waals surface area contributed by atoms with E-state index < -0.39 is 12.6 Å². The molecule has 2 aromatic heterocycles. The van der Waals surface area contributed by atoms with E-state index in [1.807, 2.05) is 6.07 Å². The summed E-state index contributed by atoms with van der Waals surface area (Å²) in [4.78, 5) is 23.2. The van der Waals surface area contributed by atoms with Gasteiger partial charge in [-0.3, -0.25) is 9.69 Å². The Morgan fingerprint density at radius 1 is 1.15 bits per heavy atom. The molecule has 10 heteroatoms. The van der Waals surface area contributed by atoms with Gasteiger partial charge in [-0.2, -0.15) is 13.2 Å². The lowest BCUT2D eigenvalue weighted by atomic mass is 9.99. The van der Waals surface area contributed by atoms with E-state index in [0.29, 0.717) is 22.5 Å². The Kier molecular flexibility index (Phi) is 5.96. The van der Waals surface area contributed by atoms with Crippen molar-refractivity contribution in [2.75, 3.05) is 23.7 Å². The van der Waals surface area contributed by atoms with Crippen LogP contribution in [-0.4, -0.2) is 46.1 Å². The molecule has 2 N–H and O–H groups in total. The number of aromatic nitrogens is 2. The fourth-order valence-corrected chi connectivity index (χ4v) is 5.55. The molecule has 0 spiro atoms. The molecule has 2 aliphatic heterocycles. The molecule has 0 radical (unpaired) electrons. The number of hydrogen-bond acceptors (Lipinski definition) is 6. The summed E-state index contributed by atoms with van der Waals surface area (Å²) in [6, 6.07) is 8.02. The lowest BCUT2D eigenvalue weighted by molar-refractivity contribution is -0.126. The number of carbonyl (C=O) groups is 1. The second-order valence-electron chi connectivity index (χ2n) is 8.68. The number of carbonyl (C=O) groups excluding carboxylic acids is 1. The molecule has 0 atom stereocenters. The van der Waals surface area contributed by atoms with Gasteiger partial charge in [0.2, 0.25) is 5.91 Å². The van der Waals surface area contributed by atoms with Crippen molar-refractivity contribution in [1.29, 1.82) is 0 Å². The first-order valence-corrected chi connectivity index (χ1v) is 11.8. The Balaban J connectivity index is 1.19. The average Bonchev–Trinajstić information content (AvgIpc) is 3.17. The third-order valence-corrected chi connectivity index (χ3v) is 7.20. The number of fused-ring (bicyclic) bond motifs is 2. The van der Waals surface area contributed by atoms with Gasteiger partial charge in [0.05, 0.1) is 11.8 Å². The van der Waals surface area contributed by atoms with E-state index in [1.54, 1.807) is 6.07 Å². The Bertz CT molecular complexity index is 1170. The summed E-state index contributed by atoms with van der Waals surface area (Å²) >= 11 is 1.07. The monoisotopic (exact) mass is 475 g/mol. The number of aryl methyl sites for hydroxylation is 1. The highest BCUT2D eigenvalue weighted by Gasteiger charge is 2.29. The molecule has 3 aromatic rings. The minimum Gasteiger partial charge on any atom is -0.367 e. The quantitative estimate of drug-likeness (QED) is 0.557. The minimum absolute atomic E-state index is 0.0739. The van der Waals surface area contributed by atoms with Crippen LogP contribution in [-0.2, 0) is 24.2 Å². The molecule has 174 valence electrons. The van der Waals surface area contributed by atoms with Crippen molar-refractivity contribution in [2.24, 2.45) is 0 Å². The molecule has 1 aromatic carbocycles. The van der Waals surface area contributed by atoms with Gasteiger partial charge in [0, 0.05) is 42.7 Å². The summed E-state index contributed by atoms with van der Waals surface area (Å²) in [7, 11) is 0. The maximum atomic E-state index is 12.8. The van der Waals surface area contributed by atoms with Gasteiger partial charge in [-0.25, -0.2) is 9.97 Å². The third-order valence-electron chi connectivity index (χ3n) is 6.15. The first-order valence-electron chi connectivity index (χ1n) is 11.0. The van der Waals surface area contributed by atoms with E-state index in [1.165, 1.54) is 17.5 Å². The molecule has 0 saturated carbocycles. The van der Waals surface area contributed by atoms with Crippen LogP contribution >= 0.6 is 11.3 Å². The van der Waals surface area contributed by atoms with Gasteiger partial charge in [-0.1, -0.05) is 12.1 Å². The Morgan fingerprint density at radius 2 is 1.97 bits per heavy atom. The summed E-state index contributed by atoms with van der Waals surface area (Å²) < 4.78 is 38.3. The molecule has 1 amide bonds. The first kappa shape index (κ1) is 22.1. The summed E-state index contributed by atoms with van der Waals surface area (Å²) in [5.74, 6) is 0.685. The van der Waals surface area contributed by atoms with E-state index in [-0.39, 0.29) is 16.8 Å². The van der Waals surface area contributed by atoms with Crippen LogP contribution < -0.4 is 10.6 Å². The van der Waals surface area contributed by atoms with E-state index >= 15 is 0 Å². The Labute approximate surface area is 193 Å². The van der Waals surface area contributed by atoms with Crippen molar-refractivity contribution in [3.63, 3.8) is 0 Å². The SMILES string of the molecule is O=C1CCc2cc(CN3CCC(Nc4ncnc5sc(CC(F)(F)F)cc45)CC3)ccc2N1. The molecule has 6 nitrogen and oxygen atoms in total. The third kappa shape index (κ3) is 5.27. The number of rotatable bonds is 5. The Morgan fingerprint density at radius 3 is 2.76 bits per heavy atom. The molecule has 1 saturated heterocycles. The Hall–Kier alpha value is -2.72. The highest BCUT2D eigenvalue weighted by atomic mass is 32.1. The van der Waals surface area contributed by atoms with Crippen molar-refractivity contribution < 1.29 is 18.0 Å². The number of anilines is 2. The van der Waals surface area contributed by atoms with Crippen molar-refractivity contribution in [3.8, 4) is 0 Å². The topological polar surface area (TPSA) is 70.2 Å². The van der Waals surface area contributed by atoms with Crippen LogP contribution in [0.4, 0.5) is 24.7 Å². The summed E-state index contributed by atoms with van der Waals surface area (Å²) in [6.45, 7) is 2.70. The van der Waals surface area contributed by atoms with E-state index in [9.17, 15) is 18.0 Å². The van der Waals surface area contributed by atoms with Crippen molar-refractivity contribution in [1.82, 2.24) is 14.9 Å². The van der Waals surface area contributed by atoms with E-state index in [0.717, 1.165) is 55.9 Å². The number of halogens is 3. The number of likely N-dealkylation sites (tertiary alicyclic amines) is 1. The second kappa shape index (κ2) is 8.90. The van der Waals surface area contributed by atoms with Crippen molar-refractivity contribution >= 4 is 39.0 Å². The zero-order valence-electron chi connectivity index (χ0n) is 17.9. The maximum absolute atomic E-state index is 12.8. The van der Waals surface area contributed by atoms with Crippen LogP contribution in [0.5, 0.6) is 0 Å². The van der Waals surface area contributed by atoms with Crippen LogP contribution in [0.3, 0.4) is 0 Å². The highest BCUT2D eigenvalue weighted by Crippen LogP contribution is 2.33. The summed E-state index contributed by atoms with van der Waals surface area (Å²) in [5, 5.41) is 7.01. The maximum Gasteiger partial charge on any atom is 0.393 e. The van der Waals surface area contributed by atoms with Crippen molar-refractivity contribution in [3.05, 3.63) is 46.6 Å². The number of amides is 1. The van der Waals surface area contributed by atoms with Gasteiger partial charge in [-0.05, 0) is 42.5 Å². The molecule has 0 bridgehead atoms. The predicted molar refractivity (Wildman–Crippen MR) is 122 cm³/mol. The van der Waals surface area contributed by atoms with Crippen LogP contribution in [0.1, 0.15) is 35.3 Å². The zero-order chi connectivity index (χ0) is 23.0. The van der Waals surface area contributed by atoms with Gasteiger partial charge in [0.1, 0.15) is 17.0 Å². The average molecular weight is 476 g/mol. The van der Waals surface area contributed by atoms with E-state index in [2.05, 4.69) is 37.6 Å². The molecule has 1 fully saturated rings. The largest absolute Gasteiger partial charge is 0.393 e. The number of thiophene rings is 1. The van der Waals surface area contributed by atoms with Crippen LogP contribution in [0.15, 0.2) is 30.6 Å². The number of hydrogen-bond donors (Lipinski definition) is 2. The van der Waals surface area contributed by atoms with Crippen molar-refractivity contribution in [2.45, 2.75) is 50.9 Å². The fourth-order valence-electron chi connectivity index (χ4n) is 4.53. The predicted octanol–water partition coefficient (Wildman–Crippen LogP) is 4.76. The fraction of sp³-hybridized carbons (Fsp3) is 0.435. The van der Waals surface area contributed by atoms with E-state index in [4.69, 9.17) is 0 Å². The number of piperidine rings is 1. The van der Waals surface area contributed by atoms with Gasteiger partial charge in [0.25, 0.3) is 0 Å². The van der Waals surface area contributed by atoms with Crippen LogP contribution in [0.2, 0.25) is 0 Å². The first-order chi connectivity index (χ1) is 15.8. The second-order valence-corrected chi connectivity index (χ2v) is 9.80. The molecule has 33 heavy (non-hydrogen) atoms. The van der Waals surface area contributed by atoms with Gasteiger partial charge in [0.15, 0.2) is 0 Å². The normalized spacial score (nSPS) is 17.7.